The maximum absolute atomic E-state index is 13.0. The third-order valence-corrected chi connectivity index (χ3v) is 5.95. The molecule has 6 nitrogen and oxygen atoms in total. The van der Waals surface area contributed by atoms with Crippen LogP contribution in [0, 0.1) is 12.8 Å². The Morgan fingerprint density at radius 2 is 1.71 bits per heavy atom. The van der Waals surface area contributed by atoms with Crippen molar-refractivity contribution in [2.45, 2.75) is 19.8 Å². The molecule has 0 spiro atoms. The fourth-order valence-electron chi connectivity index (χ4n) is 4.03. The van der Waals surface area contributed by atoms with Gasteiger partial charge in [0.05, 0.1) is 5.69 Å². The Morgan fingerprint density at radius 3 is 2.36 bits per heavy atom. The topological polar surface area (TPSA) is 52.6 Å². The molecule has 1 amide bonds. The van der Waals surface area contributed by atoms with Crippen LogP contribution in [0.3, 0.4) is 0 Å². The van der Waals surface area contributed by atoms with Crippen molar-refractivity contribution in [1.29, 1.82) is 0 Å². The predicted octanol–water partition coefficient (Wildman–Crippen LogP) is 3.00. The van der Waals surface area contributed by atoms with Crippen molar-refractivity contribution in [3.05, 3.63) is 47.1 Å². The SMILES string of the molecule is Cc1ccc(N2CCC(C(=O)N3CCN(c4cccc(Cl)c4)CC3)CC2)nn1. The number of aryl methyl sites for hydroxylation is 1. The normalized spacial score (nSPS) is 18.4. The second kappa shape index (κ2) is 8.35. The third-order valence-electron chi connectivity index (χ3n) is 5.72. The summed E-state index contributed by atoms with van der Waals surface area (Å²) in [6.45, 7) is 6.90. The van der Waals surface area contributed by atoms with Gasteiger partial charge in [-0.1, -0.05) is 17.7 Å². The number of carbonyl (C=O) groups excluding carboxylic acids is 1. The van der Waals surface area contributed by atoms with E-state index in [4.69, 9.17) is 11.6 Å². The van der Waals surface area contributed by atoms with Gasteiger partial charge in [0.15, 0.2) is 5.82 Å². The number of rotatable bonds is 3. The molecule has 3 heterocycles. The van der Waals surface area contributed by atoms with Crippen LogP contribution < -0.4 is 9.80 Å². The van der Waals surface area contributed by atoms with Gasteiger partial charge >= 0.3 is 0 Å². The highest BCUT2D eigenvalue weighted by atomic mass is 35.5. The molecule has 1 aromatic heterocycles. The van der Waals surface area contributed by atoms with Gasteiger partial charge in [-0.15, -0.1) is 5.10 Å². The molecule has 0 N–H and O–H groups in total. The minimum Gasteiger partial charge on any atom is -0.368 e. The summed E-state index contributed by atoms with van der Waals surface area (Å²) in [6, 6.07) is 11.9. The number of anilines is 2. The molecule has 7 heteroatoms. The molecule has 2 aliphatic rings. The first-order valence-corrected chi connectivity index (χ1v) is 10.3. The second-order valence-electron chi connectivity index (χ2n) is 7.59. The molecule has 0 aliphatic carbocycles. The Hall–Kier alpha value is -2.34. The number of piperidine rings is 1. The number of aromatic nitrogens is 2. The summed E-state index contributed by atoms with van der Waals surface area (Å²) >= 11 is 6.10. The van der Waals surface area contributed by atoms with Gasteiger partial charge in [-0.3, -0.25) is 4.79 Å². The van der Waals surface area contributed by atoms with Gasteiger partial charge in [0, 0.05) is 55.9 Å². The van der Waals surface area contributed by atoms with Crippen LogP contribution in [0.25, 0.3) is 0 Å². The Morgan fingerprint density at radius 1 is 0.964 bits per heavy atom. The molecular weight excluding hydrogens is 374 g/mol. The van der Waals surface area contributed by atoms with Gasteiger partial charge in [0.1, 0.15) is 0 Å². The lowest BCUT2D eigenvalue weighted by Crippen LogP contribution is -2.51. The number of hydrogen-bond donors (Lipinski definition) is 0. The summed E-state index contributed by atoms with van der Waals surface area (Å²) in [5.41, 5.74) is 2.05. The van der Waals surface area contributed by atoms with Crippen LogP contribution in [0.4, 0.5) is 11.5 Å². The highest BCUT2D eigenvalue weighted by Gasteiger charge is 2.30. The van der Waals surface area contributed by atoms with Gasteiger partial charge in [-0.2, -0.15) is 5.10 Å². The monoisotopic (exact) mass is 399 g/mol. The van der Waals surface area contributed by atoms with Gasteiger partial charge < -0.3 is 14.7 Å². The van der Waals surface area contributed by atoms with Crippen LogP contribution in [0.5, 0.6) is 0 Å². The number of hydrogen-bond acceptors (Lipinski definition) is 5. The van der Waals surface area contributed by atoms with E-state index in [2.05, 4.69) is 26.1 Å². The molecule has 28 heavy (non-hydrogen) atoms. The molecule has 1 aromatic carbocycles. The zero-order valence-electron chi connectivity index (χ0n) is 16.2. The summed E-state index contributed by atoms with van der Waals surface area (Å²) in [7, 11) is 0. The number of halogens is 1. The predicted molar refractivity (Wildman–Crippen MR) is 112 cm³/mol. The maximum Gasteiger partial charge on any atom is 0.225 e. The highest BCUT2D eigenvalue weighted by molar-refractivity contribution is 6.30. The lowest BCUT2D eigenvalue weighted by Gasteiger charge is -2.39. The average molecular weight is 400 g/mol. The number of nitrogens with zero attached hydrogens (tertiary/aromatic N) is 5. The van der Waals surface area contributed by atoms with E-state index >= 15 is 0 Å². The average Bonchev–Trinajstić information content (AvgIpc) is 2.74. The molecule has 0 saturated carbocycles. The van der Waals surface area contributed by atoms with Crippen LogP contribution >= 0.6 is 11.6 Å². The van der Waals surface area contributed by atoms with E-state index < -0.39 is 0 Å². The minimum absolute atomic E-state index is 0.118. The molecule has 2 aromatic rings. The largest absolute Gasteiger partial charge is 0.368 e. The van der Waals surface area contributed by atoms with Crippen molar-refractivity contribution in [3.8, 4) is 0 Å². The van der Waals surface area contributed by atoms with Crippen molar-refractivity contribution in [2.75, 3.05) is 49.1 Å². The molecule has 2 fully saturated rings. The van der Waals surface area contributed by atoms with Crippen molar-refractivity contribution >= 4 is 29.0 Å². The van der Waals surface area contributed by atoms with Crippen LogP contribution in [0.1, 0.15) is 18.5 Å². The number of piperazine rings is 1. The molecule has 0 radical (unpaired) electrons. The standard InChI is InChI=1S/C21H26ClN5O/c1-16-5-6-20(24-23-16)26-9-7-17(8-10-26)21(28)27-13-11-25(12-14-27)19-4-2-3-18(22)15-19/h2-6,15,17H,7-14H2,1H3. The van der Waals surface area contributed by atoms with E-state index in [-0.39, 0.29) is 5.92 Å². The molecule has 0 bridgehead atoms. The van der Waals surface area contributed by atoms with Crippen LogP contribution in [0.15, 0.2) is 36.4 Å². The number of benzene rings is 1. The number of amides is 1. The van der Waals surface area contributed by atoms with Crippen LogP contribution in [-0.4, -0.2) is 60.3 Å². The van der Waals surface area contributed by atoms with E-state index in [9.17, 15) is 4.79 Å². The van der Waals surface area contributed by atoms with E-state index in [0.717, 1.165) is 74.3 Å². The third kappa shape index (κ3) is 4.22. The lowest BCUT2D eigenvalue weighted by atomic mass is 9.95. The van der Waals surface area contributed by atoms with Crippen LogP contribution in [0.2, 0.25) is 5.02 Å². The Labute approximate surface area is 171 Å². The Kier molecular flexibility index (Phi) is 5.67. The summed E-state index contributed by atoms with van der Waals surface area (Å²) in [5, 5.41) is 9.16. The maximum atomic E-state index is 13.0. The fraction of sp³-hybridized carbons (Fsp3) is 0.476. The Bertz CT molecular complexity index is 812. The summed E-state index contributed by atoms with van der Waals surface area (Å²) < 4.78 is 0. The second-order valence-corrected chi connectivity index (χ2v) is 8.02. The smallest absolute Gasteiger partial charge is 0.225 e. The van der Waals surface area contributed by atoms with Gasteiger partial charge in [0.2, 0.25) is 5.91 Å². The van der Waals surface area contributed by atoms with E-state index in [1.165, 1.54) is 0 Å². The van der Waals surface area contributed by atoms with E-state index in [1.807, 2.05) is 42.2 Å². The van der Waals surface area contributed by atoms with Crippen molar-refractivity contribution < 1.29 is 4.79 Å². The summed E-state index contributed by atoms with van der Waals surface area (Å²) in [4.78, 5) is 19.5. The van der Waals surface area contributed by atoms with E-state index in [0.29, 0.717) is 5.91 Å². The highest BCUT2D eigenvalue weighted by Crippen LogP contribution is 2.25. The zero-order valence-corrected chi connectivity index (χ0v) is 17.0. The quantitative estimate of drug-likeness (QED) is 0.794. The number of carbonyl (C=O) groups is 1. The van der Waals surface area contributed by atoms with Crippen LogP contribution in [-0.2, 0) is 4.79 Å². The first-order valence-electron chi connectivity index (χ1n) is 9.95. The Balaban J connectivity index is 1.28. The summed E-state index contributed by atoms with van der Waals surface area (Å²) in [5.74, 6) is 1.33. The minimum atomic E-state index is 0.118. The lowest BCUT2D eigenvalue weighted by molar-refractivity contribution is -0.136. The zero-order chi connectivity index (χ0) is 19.5. The van der Waals surface area contributed by atoms with Crippen molar-refractivity contribution in [3.63, 3.8) is 0 Å². The summed E-state index contributed by atoms with van der Waals surface area (Å²) in [6.07, 6.45) is 1.76. The first kappa shape index (κ1) is 19.0. The first-order chi connectivity index (χ1) is 13.6. The molecule has 0 unspecified atom stereocenters. The molecule has 4 rings (SSSR count). The molecule has 2 aliphatic heterocycles. The van der Waals surface area contributed by atoms with Crippen molar-refractivity contribution in [2.24, 2.45) is 5.92 Å². The molecule has 148 valence electrons. The van der Waals surface area contributed by atoms with Gasteiger partial charge in [-0.05, 0) is 50.1 Å². The van der Waals surface area contributed by atoms with Crippen molar-refractivity contribution in [1.82, 2.24) is 15.1 Å². The fourth-order valence-corrected chi connectivity index (χ4v) is 4.22. The van der Waals surface area contributed by atoms with Gasteiger partial charge in [0.25, 0.3) is 0 Å². The van der Waals surface area contributed by atoms with Gasteiger partial charge in [-0.25, -0.2) is 0 Å². The molecule has 0 atom stereocenters. The molecule has 2 saturated heterocycles. The van der Waals surface area contributed by atoms with E-state index in [1.54, 1.807) is 0 Å². The molecular formula is C21H26ClN5O.